The minimum absolute atomic E-state index is 0.121. The molecule has 0 N–H and O–H groups in total. The van der Waals surface area contributed by atoms with Crippen molar-refractivity contribution in [2.45, 2.75) is 19.1 Å². The number of ketones is 1. The van der Waals surface area contributed by atoms with Crippen molar-refractivity contribution in [1.29, 1.82) is 0 Å². The zero-order valence-corrected chi connectivity index (χ0v) is 22.1. The fourth-order valence-corrected chi connectivity index (χ4v) is 4.96. The van der Waals surface area contributed by atoms with Crippen LogP contribution in [0.4, 0.5) is 0 Å². The van der Waals surface area contributed by atoms with Gasteiger partial charge in [0.05, 0.1) is 16.9 Å². The summed E-state index contributed by atoms with van der Waals surface area (Å²) < 4.78 is 29.6. The third kappa shape index (κ3) is 6.03. The second-order valence-electron chi connectivity index (χ2n) is 8.60. The lowest BCUT2D eigenvalue weighted by Crippen LogP contribution is -2.46. The summed E-state index contributed by atoms with van der Waals surface area (Å²) >= 11 is 3.26. The molecule has 0 saturated heterocycles. The molecular formula is C27H22BrNO7S. The number of carbonyl (C=O) groups excluding carboxylic acids is 4. The van der Waals surface area contributed by atoms with E-state index < -0.39 is 39.4 Å². The topological polar surface area (TPSA) is 115 Å². The molecule has 0 fully saturated rings. The third-order valence-electron chi connectivity index (χ3n) is 5.86. The van der Waals surface area contributed by atoms with Crippen LogP contribution in [0.5, 0.6) is 0 Å². The highest BCUT2D eigenvalue weighted by Gasteiger charge is 2.43. The summed E-state index contributed by atoms with van der Waals surface area (Å²) in [6, 6.07) is 18.4. The zero-order chi connectivity index (χ0) is 26.7. The Balaban J connectivity index is 1.49. The van der Waals surface area contributed by atoms with Gasteiger partial charge in [-0.15, -0.1) is 0 Å². The predicted octanol–water partition coefficient (Wildman–Crippen LogP) is 3.82. The lowest BCUT2D eigenvalue weighted by atomic mass is 10.0. The van der Waals surface area contributed by atoms with Crippen LogP contribution < -0.4 is 0 Å². The largest absolute Gasteiger partial charge is 0.459 e. The smallest absolute Gasteiger partial charge is 0.329 e. The maximum atomic E-state index is 13.1. The average molecular weight is 584 g/mol. The molecule has 190 valence electrons. The molecule has 4 rings (SSSR count). The lowest BCUT2D eigenvalue weighted by molar-refractivity contribution is -0.149. The molecule has 3 aromatic rings. The molecule has 0 spiro atoms. The Labute approximate surface area is 222 Å². The van der Waals surface area contributed by atoms with E-state index >= 15 is 0 Å². The highest BCUT2D eigenvalue weighted by atomic mass is 79.9. The third-order valence-corrected chi connectivity index (χ3v) is 7.33. The Morgan fingerprint density at radius 1 is 0.892 bits per heavy atom. The monoisotopic (exact) mass is 583 g/mol. The van der Waals surface area contributed by atoms with Gasteiger partial charge in [-0.1, -0.05) is 70.5 Å². The normalized spacial score (nSPS) is 13.8. The Morgan fingerprint density at radius 2 is 1.51 bits per heavy atom. The second kappa shape index (κ2) is 10.8. The Hall–Kier alpha value is -3.63. The fraction of sp³-hybridized carbons (Fsp3) is 0.185. The van der Waals surface area contributed by atoms with E-state index in [9.17, 15) is 27.6 Å². The van der Waals surface area contributed by atoms with Crippen LogP contribution >= 0.6 is 15.9 Å². The quantitative estimate of drug-likeness (QED) is 0.213. The number of amides is 2. The van der Waals surface area contributed by atoms with Gasteiger partial charge in [-0.25, -0.2) is 13.2 Å². The van der Waals surface area contributed by atoms with Crippen LogP contribution in [0.3, 0.4) is 0 Å². The first-order chi connectivity index (χ1) is 17.5. The summed E-state index contributed by atoms with van der Waals surface area (Å²) in [6.45, 7) is -0.192. The second-order valence-corrected chi connectivity index (χ2v) is 11.8. The van der Waals surface area contributed by atoms with E-state index in [1.54, 1.807) is 54.6 Å². The molecule has 0 bridgehead atoms. The Morgan fingerprint density at radius 3 is 2.16 bits per heavy atom. The number of sulfone groups is 1. The van der Waals surface area contributed by atoms with Crippen LogP contribution in [0.1, 0.15) is 48.6 Å². The number of imide groups is 1. The first kappa shape index (κ1) is 26.4. The number of benzene rings is 3. The average Bonchev–Trinajstić information content (AvgIpc) is 3.12. The van der Waals surface area contributed by atoms with Gasteiger partial charge < -0.3 is 4.74 Å². The standard InChI is InChI=1S/C27H22BrNO7S/c1-37(34,35)14-13-23(29-25(31)21-12-11-20(28)15-22(21)26(29)32)27(33)36-16-17-7-9-19(10-8-17)24(30)18-5-3-2-4-6-18/h2-12,15,23H,13-14,16H2,1H3. The van der Waals surface area contributed by atoms with Crippen molar-refractivity contribution in [1.82, 2.24) is 4.90 Å². The zero-order valence-electron chi connectivity index (χ0n) is 19.7. The molecule has 1 unspecified atom stereocenters. The molecule has 1 aliphatic heterocycles. The fourth-order valence-electron chi connectivity index (χ4n) is 3.95. The molecule has 1 aliphatic rings. The molecule has 1 heterocycles. The van der Waals surface area contributed by atoms with Gasteiger partial charge in [-0.3, -0.25) is 19.3 Å². The van der Waals surface area contributed by atoms with Crippen LogP contribution in [-0.2, 0) is 26.0 Å². The summed E-state index contributed by atoms with van der Waals surface area (Å²) in [5.74, 6) is -2.85. The highest BCUT2D eigenvalue weighted by molar-refractivity contribution is 9.10. The highest BCUT2D eigenvalue weighted by Crippen LogP contribution is 2.29. The predicted molar refractivity (Wildman–Crippen MR) is 139 cm³/mol. The summed E-state index contributed by atoms with van der Waals surface area (Å²) in [7, 11) is -3.49. The van der Waals surface area contributed by atoms with Gasteiger partial charge >= 0.3 is 5.97 Å². The van der Waals surface area contributed by atoms with E-state index in [1.165, 1.54) is 12.1 Å². The van der Waals surface area contributed by atoms with Crippen molar-refractivity contribution in [3.8, 4) is 0 Å². The maximum absolute atomic E-state index is 13.1. The van der Waals surface area contributed by atoms with E-state index in [4.69, 9.17) is 4.74 Å². The number of ether oxygens (including phenoxy) is 1. The van der Waals surface area contributed by atoms with Crippen LogP contribution in [0.25, 0.3) is 0 Å². The summed E-state index contributed by atoms with van der Waals surface area (Å²) in [5.41, 5.74) is 1.83. The van der Waals surface area contributed by atoms with Crippen molar-refractivity contribution < 1.29 is 32.3 Å². The van der Waals surface area contributed by atoms with Crippen LogP contribution in [0.2, 0.25) is 0 Å². The number of carbonyl (C=O) groups is 4. The van der Waals surface area contributed by atoms with Crippen molar-refractivity contribution in [2.24, 2.45) is 0 Å². The van der Waals surface area contributed by atoms with Gasteiger partial charge in [0.15, 0.2) is 5.78 Å². The van der Waals surface area contributed by atoms with Crippen molar-refractivity contribution in [3.63, 3.8) is 0 Å². The number of hydrogen-bond acceptors (Lipinski definition) is 7. The first-order valence-electron chi connectivity index (χ1n) is 11.3. The Bertz CT molecular complexity index is 1480. The molecule has 2 amide bonds. The van der Waals surface area contributed by atoms with E-state index in [-0.39, 0.29) is 29.9 Å². The number of halogens is 1. The number of esters is 1. The summed E-state index contributed by atoms with van der Waals surface area (Å²) in [5, 5.41) is 0. The van der Waals surface area contributed by atoms with Crippen molar-refractivity contribution in [2.75, 3.05) is 12.0 Å². The number of nitrogens with zero attached hydrogens (tertiary/aromatic N) is 1. The SMILES string of the molecule is CS(=O)(=O)CCC(C(=O)OCc1ccc(C(=O)c2ccccc2)cc1)N1C(=O)c2ccc(Br)cc2C1=O. The lowest BCUT2D eigenvalue weighted by Gasteiger charge is -2.24. The minimum atomic E-state index is -3.49. The van der Waals surface area contributed by atoms with Crippen LogP contribution in [0, 0.1) is 0 Å². The molecule has 0 aromatic heterocycles. The number of hydrogen-bond donors (Lipinski definition) is 0. The van der Waals surface area contributed by atoms with Crippen LogP contribution in [-0.4, -0.2) is 54.9 Å². The van der Waals surface area contributed by atoms with E-state index in [0.717, 1.165) is 11.2 Å². The molecule has 3 aromatic carbocycles. The van der Waals surface area contributed by atoms with Gasteiger partial charge in [0.1, 0.15) is 22.5 Å². The van der Waals surface area contributed by atoms with Gasteiger partial charge in [-0.2, -0.15) is 0 Å². The van der Waals surface area contributed by atoms with Crippen molar-refractivity contribution in [3.05, 3.63) is 105 Å². The Kier molecular flexibility index (Phi) is 7.70. The van der Waals surface area contributed by atoms with E-state index in [2.05, 4.69) is 15.9 Å². The van der Waals surface area contributed by atoms with Gasteiger partial charge in [0, 0.05) is 21.9 Å². The van der Waals surface area contributed by atoms with Gasteiger partial charge in [0.2, 0.25) is 0 Å². The minimum Gasteiger partial charge on any atom is -0.459 e. The molecule has 37 heavy (non-hydrogen) atoms. The van der Waals surface area contributed by atoms with E-state index in [0.29, 0.717) is 21.2 Å². The summed E-state index contributed by atoms with van der Waals surface area (Å²) in [4.78, 5) is 52.4. The molecule has 10 heteroatoms. The first-order valence-corrected chi connectivity index (χ1v) is 14.1. The van der Waals surface area contributed by atoms with Gasteiger partial charge in [0.25, 0.3) is 11.8 Å². The number of rotatable bonds is 9. The van der Waals surface area contributed by atoms with Gasteiger partial charge in [-0.05, 0) is 30.2 Å². The maximum Gasteiger partial charge on any atom is 0.329 e. The van der Waals surface area contributed by atoms with Crippen LogP contribution in [0.15, 0.2) is 77.3 Å². The molecule has 0 aliphatic carbocycles. The molecule has 0 saturated carbocycles. The molecule has 0 radical (unpaired) electrons. The molecule has 1 atom stereocenters. The summed E-state index contributed by atoms with van der Waals surface area (Å²) in [6.07, 6.45) is 0.710. The van der Waals surface area contributed by atoms with Crippen molar-refractivity contribution >= 4 is 49.3 Å². The van der Waals surface area contributed by atoms with E-state index in [1.807, 2.05) is 6.07 Å². The number of fused-ring (bicyclic) bond motifs is 1. The molecule has 8 nitrogen and oxygen atoms in total. The molecular weight excluding hydrogens is 562 g/mol.